The standard InChI is InChI=1S/C24H28F3N5OS/c1-32-9-7-15(8-10-32)30-18-3-2-4-19-20(18)17(11-24(25,26)27)21(31-19)23-29-13-16(34-23)12-28-22(33)14-5-6-14/h2,4,13-15,31H,3,5-12H2,1H3,(H,28,33). The lowest BCUT2D eigenvalue weighted by Crippen LogP contribution is -2.32. The van der Waals surface area contributed by atoms with Gasteiger partial charge >= 0.3 is 6.18 Å². The predicted octanol–water partition coefficient (Wildman–Crippen LogP) is 4.57. The minimum Gasteiger partial charge on any atom is -0.352 e. The summed E-state index contributed by atoms with van der Waals surface area (Å²) in [6.07, 6.45) is 4.22. The van der Waals surface area contributed by atoms with E-state index in [9.17, 15) is 18.0 Å². The highest BCUT2D eigenvalue weighted by Crippen LogP contribution is 2.38. The number of hydrogen-bond donors (Lipinski definition) is 2. The van der Waals surface area contributed by atoms with Crippen molar-refractivity contribution in [1.82, 2.24) is 20.2 Å². The fourth-order valence-electron chi connectivity index (χ4n) is 4.60. The first kappa shape index (κ1) is 23.3. The Morgan fingerprint density at radius 1 is 1.29 bits per heavy atom. The summed E-state index contributed by atoms with van der Waals surface area (Å²) >= 11 is 1.31. The third-order valence-electron chi connectivity index (χ3n) is 6.57. The van der Waals surface area contributed by atoms with Crippen molar-refractivity contribution in [2.45, 2.75) is 57.3 Å². The number of amides is 1. The van der Waals surface area contributed by atoms with Crippen molar-refractivity contribution in [1.29, 1.82) is 0 Å². The number of carbonyl (C=O) groups excluding carboxylic acids is 1. The number of rotatable bonds is 6. The lowest BCUT2D eigenvalue weighted by molar-refractivity contribution is -0.127. The van der Waals surface area contributed by atoms with Crippen molar-refractivity contribution in [3.8, 4) is 10.7 Å². The molecule has 0 atom stereocenters. The molecule has 2 aliphatic carbocycles. The van der Waals surface area contributed by atoms with Crippen LogP contribution >= 0.6 is 11.3 Å². The number of fused-ring (bicyclic) bond motifs is 1. The first-order valence-electron chi connectivity index (χ1n) is 11.7. The van der Waals surface area contributed by atoms with Crippen molar-refractivity contribution in [3.05, 3.63) is 34.0 Å². The number of likely N-dealkylation sites (tertiary alicyclic amines) is 1. The number of halogens is 3. The van der Waals surface area contributed by atoms with Crippen LogP contribution in [-0.2, 0) is 17.8 Å². The van der Waals surface area contributed by atoms with E-state index in [1.807, 2.05) is 12.2 Å². The molecule has 0 radical (unpaired) electrons. The monoisotopic (exact) mass is 491 g/mol. The summed E-state index contributed by atoms with van der Waals surface area (Å²) in [6.45, 7) is 2.22. The molecule has 3 heterocycles. The van der Waals surface area contributed by atoms with Crippen LogP contribution in [0.4, 0.5) is 13.2 Å². The van der Waals surface area contributed by atoms with Gasteiger partial charge in [0.2, 0.25) is 5.91 Å². The number of nitrogens with one attached hydrogen (secondary N) is 2. The number of allylic oxidation sites excluding steroid dienone is 1. The van der Waals surface area contributed by atoms with E-state index < -0.39 is 12.6 Å². The van der Waals surface area contributed by atoms with Crippen LogP contribution in [0.5, 0.6) is 0 Å². The number of alkyl halides is 3. The van der Waals surface area contributed by atoms with Crippen molar-refractivity contribution < 1.29 is 18.0 Å². The topological polar surface area (TPSA) is 73.4 Å². The lowest BCUT2D eigenvalue weighted by atomic mass is 9.94. The Labute approximate surface area is 200 Å². The first-order chi connectivity index (χ1) is 16.3. The summed E-state index contributed by atoms with van der Waals surface area (Å²) in [5.74, 6) is 0.137. The number of aromatic nitrogens is 2. The summed E-state index contributed by atoms with van der Waals surface area (Å²) in [5, 5.41) is 3.39. The highest BCUT2D eigenvalue weighted by atomic mass is 32.1. The molecular formula is C24H28F3N5OS. The van der Waals surface area contributed by atoms with Gasteiger partial charge in [-0.1, -0.05) is 6.08 Å². The molecule has 2 fully saturated rings. The van der Waals surface area contributed by atoms with Crippen LogP contribution < -0.4 is 5.32 Å². The number of thiazole rings is 1. The highest BCUT2D eigenvalue weighted by Gasteiger charge is 2.35. The smallest absolute Gasteiger partial charge is 0.352 e. The molecule has 34 heavy (non-hydrogen) atoms. The number of carbonyl (C=O) groups is 1. The summed E-state index contributed by atoms with van der Waals surface area (Å²) in [7, 11) is 2.07. The molecule has 1 saturated carbocycles. The van der Waals surface area contributed by atoms with Gasteiger partial charge in [-0.25, -0.2) is 4.98 Å². The van der Waals surface area contributed by atoms with E-state index in [4.69, 9.17) is 4.99 Å². The summed E-state index contributed by atoms with van der Waals surface area (Å²) in [5.41, 5.74) is 2.57. The molecule has 10 heteroatoms. The average Bonchev–Trinajstić information content (AvgIpc) is 3.43. The second-order valence-corrected chi connectivity index (χ2v) is 10.5. The molecule has 5 rings (SSSR count). The molecule has 3 aliphatic rings. The first-order valence-corrected chi connectivity index (χ1v) is 12.5. The number of hydrogen-bond acceptors (Lipinski definition) is 5. The summed E-state index contributed by atoms with van der Waals surface area (Å²) in [4.78, 5) is 27.5. The Balaban J connectivity index is 1.46. The van der Waals surface area contributed by atoms with Crippen molar-refractivity contribution >= 4 is 29.0 Å². The number of aliphatic imine (C=N–C) groups is 1. The molecule has 0 bridgehead atoms. The van der Waals surface area contributed by atoms with Crippen LogP contribution in [0.2, 0.25) is 0 Å². The number of H-pyrrole nitrogens is 1. The molecular weight excluding hydrogens is 463 g/mol. The number of nitrogens with zero attached hydrogens (tertiary/aromatic N) is 3. The van der Waals surface area contributed by atoms with Gasteiger partial charge in [-0.3, -0.25) is 9.79 Å². The average molecular weight is 492 g/mol. The fraction of sp³-hybridized carbons (Fsp3) is 0.542. The van der Waals surface area contributed by atoms with E-state index in [-0.39, 0.29) is 23.4 Å². The molecule has 1 aliphatic heterocycles. The zero-order valence-corrected chi connectivity index (χ0v) is 19.9. The summed E-state index contributed by atoms with van der Waals surface area (Å²) in [6, 6.07) is 0.129. The molecule has 1 saturated heterocycles. The second-order valence-electron chi connectivity index (χ2n) is 9.40. The summed E-state index contributed by atoms with van der Waals surface area (Å²) < 4.78 is 41.0. The van der Waals surface area contributed by atoms with Crippen LogP contribution in [0.25, 0.3) is 16.8 Å². The van der Waals surface area contributed by atoms with Gasteiger partial charge in [-0.05, 0) is 57.5 Å². The van der Waals surface area contributed by atoms with Gasteiger partial charge in [0.15, 0.2) is 0 Å². The second kappa shape index (κ2) is 9.30. The van der Waals surface area contributed by atoms with Crippen LogP contribution in [0.1, 0.15) is 53.8 Å². The van der Waals surface area contributed by atoms with Crippen molar-refractivity contribution in [3.63, 3.8) is 0 Å². The Morgan fingerprint density at radius 3 is 2.76 bits per heavy atom. The Kier molecular flexibility index (Phi) is 6.37. The Morgan fingerprint density at radius 2 is 2.06 bits per heavy atom. The van der Waals surface area contributed by atoms with Gasteiger partial charge < -0.3 is 15.2 Å². The molecule has 182 valence electrons. The molecule has 2 aromatic rings. The van der Waals surface area contributed by atoms with E-state index in [0.717, 1.165) is 49.4 Å². The SMILES string of the molecule is CN1CCC(N=C2CC=Cc3[nH]c(-c4ncc(CNC(=O)C5CC5)s4)c(CC(F)(F)F)c32)CC1. The molecule has 2 N–H and O–H groups in total. The van der Waals surface area contributed by atoms with Gasteiger partial charge in [0.05, 0.1) is 24.7 Å². The quantitative estimate of drug-likeness (QED) is 0.622. The van der Waals surface area contributed by atoms with Crippen LogP contribution in [-0.4, -0.2) is 58.8 Å². The molecule has 0 spiro atoms. The van der Waals surface area contributed by atoms with Crippen molar-refractivity contribution in [2.24, 2.45) is 10.9 Å². The van der Waals surface area contributed by atoms with E-state index in [2.05, 4.69) is 27.2 Å². The molecule has 1 amide bonds. The van der Waals surface area contributed by atoms with Gasteiger partial charge in [-0.2, -0.15) is 13.2 Å². The molecule has 2 aromatic heterocycles. The number of piperidine rings is 1. The normalized spacial score (nSPS) is 20.6. The van der Waals surface area contributed by atoms with E-state index in [1.165, 1.54) is 11.3 Å². The predicted molar refractivity (Wildman–Crippen MR) is 127 cm³/mol. The van der Waals surface area contributed by atoms with E-state index in [0.29, 0.717) is 34.9 Å². The van der Waals surface area contributed by atoms with E-state index in [1.54, 1.807) is 6.20 Å². The Hall–Kier alpha value is -2.46. The van der Waals surface area contributed by atoms with E-state index >= 15 is 0 Å². The minimum absolute atomic E-state index is 0.0305. The third kappa shape index (κ3) is 5.27. The van der Waals surface area contributed by atoms with Crippen LogP contribution in [0.15, 0.2) is 17.3 Å². The van der Waals surface area contributed by atoms with Gasteiger partial charge in [-0.15, -0.1) is 11.3 Å². The minimum atomic E-state index is -4.36. The molecule has 6 nitrogen and oxygen atoms in total. The van der Waals surface area contributed by atoms with Crippen LogP contribution in [0, 0.1) is 5.92 Å². The zero-order valence-electron chi connectivity index (χ0n) is 19.0. The maximum atomic E-state index is 13.7. The third-order valence-corrected chi connectivity index (χ3v) is 7.59. The van der Waals surface area contributed by atoms with Crippen LogP contribution in [0.3, 0.4) is 0 Å². The maximum absolute atomic E-state index is 13.7. The number of aromatic amines is 1. The maximum Gasteiger partial charge on any atom is 0.393 e. The van der Waals surface area contributed by atoms with Gasteiger partial charge in [0, 0.05) is 40.4 Å². The van der Waals surface area contributed by atoms with Gasteiger partial charge in [0.1, 0.15) is 5.01 Å². The Bertz CT molecular complexity index is 1120. The largest absolute Gasteiger partial charge is 0.393 e. The van der Waals surface area contributed by atoms with Gasteiger partial charge in [0.25, 0.3) is 0 Å². The van der Waals surface area contributed by atoms with Crippen molar-refractivity contribution in [2.75, 3.05) is 20.1 Å². The molecule has 0 aromatic carbocycles. The molecule has 0 unspecified atom stereocenters. The lowest BCUT2D eigenvalue weighted by Gasteiger charge is -2.27. The fourth-order valence-corrected chi connectivity index (χ4v) is 5.48. The highest BCUT2D eigenvalue weighted by molar-refractivity contribution is 7.15. The zero-order chi connectivity index (χ0) is 23.9.